The summed E-state index contributed by atoms with van der Waals surface area (Å²) < 4.78 is 4.12. The van der Waals surface area contributed by atoms with E-state index in [0.29, 0.717) is 6.04 Å². The van der Waals surface area contributed by atoms with Crippen LogP contribution < -0.4 is 4.90 Å². The van der Waals surface area contributed by atoms with Crippen molar-refractivity contribution in [2.45, 2.75) is 57.5 Å². The van der Waals surface area contributed by atoms with E-state index in [4.69, 9.17) is 0 Å². The third-order valence-corrected chi connectivity index (χ3v) is 10.1. The highest BCUT2D eigenvalue weighted by Gasteiger charge is 2.66. The third-order valence-electron chi connectivity index (χ3n) is 9.19. The van der Waals surface area contributed by atoms with Crippen molar-refractivity contribution in [2.24, 2.45) is 30.7 Å². The maximum absolute atomic E-state index is 2.93. The lowest BCUT2D eigenvalue weighted by Gasteiger charge is -2.64. The van der Waals surface area contributed by atoms with Crippen molar-refractivity contribution >= 4 is 27.2 Å². The van der Waals surface area contributed by atoms with Gasteiger partial charge in [0.1, 0.15) is 0 Å². The molecule has 1 atom stereocenters. The minimum absolute atomic E-state index is 0.207. The van der Waals surface area contributed by atoms with Gasteiger partial charge in [0.2, 0.25) is 0 Å². The van der Waals surface area contributed by atoms with Crippen molar-refractivity contribution in [3.05, 3.63) is 52.5 Å². The summed E-state index contributed by atoms with van der Waals surface area (Å²) in [6.07, 6.45) is 7.30. The van der Waals surface area contributed by atoms with Crippen molar-refractivity contribution in [1.82, 2.24) is 4.57 Å². The smallest absolute Gasteiger partial charge is 0.0749 e. The number of hydrogen-bond acceptors (Lipinski definition) is 2. The molecule has 0 unspecified atom stereocenters. The van der Waals surface area contributed by atoms with Crippen molar-refractivity contribution in [3.8, 4) is 0 Å². The van der Waals surface area contributed by atoms with Crippen LogP contribution in [-0.4, -0.2) is 4.57 Å². The molecule has 4 bridgehead atoms. The van der Waals surface area contributed by atoms with Crippen LogP contribution in [0.1, 0.15) is 61.9 Å². The largest absolute Gasteiger partial charge is 0.353 e. The van der Waals surface area contributed by atoms with E-state index >= 15 is 0 Å². The Morgan fingerprint density at radius 1 is 0.966 bits per heavy atom. The van der Waals surface area contributed by atoms with Gasteiger partial charge >= 0.3 is 0 Å². The van der Waals surface area contributed by atoms with E-state index in [2.05, 4.69) is 66.1 Å². The molecule has 3 heteroatoms. The normalized spacial score (nSPS) is 37.2. The molecule has 3 aromatic rings. The van der Waals surface area contributed by atoms with Crippen LogP contribution in [-0.2, 0) is 12.6 Å². The Morgan fingerprint density at radius 3 is 2.34 bits per heavy atom. The topological polar surface area (TPSA) is 8.17 Å². The molecule has 3 heterocycles. The van der Waals surface area contributed by atoms with Gasteiger partial charge in [-0.1, -0.05) is 18.2 Å². The summed E-state index contributed by atoms with van der Waals surface area (Å²) in [6, 6.07) is 12.0. The van der Waals surface area contributed by atoms with Crippen LogP contribution in [0.25, 0.3) is 10.2 Å². The van der Waals surface area contributed by atoms with Gasteiger partial charge in [-0.25, -0.2) is 0 Å². The summed E-state index contributed by atoms with van der Waals surface area (Å²) in [5.74, 6) is 3.61. The lowest BCUT2D eigenvalue weighted by Crippen LogP contribution is -2.62. The van der Waals surface area contributed by atoms with Crippen LogP contribution in [0.5, 0.6) is 0 Å². The minimum atomic E-state index is 0.207. The molecule has 1 aromatic carbocycles. The molecule has 8 rings (SSSR count). The number of para-hydroxylation sites is 1. The number of hydrogen-bond donors (Lipinski definition) is 0. The van der Waals surface area contributed by atoms with Crippen LogP contribution in [0.15, 0.2) is 35.7 Å². The summed E-state index contributed by atoms with van der Waals surface area (Å²) in [6.45, 7) is 4.80. The van der Waals surface area contributed by atoms with Crippen molar-refractivity contribution in [1.29, 1.82) is 0 Å². The quantitative estimate of drug-likeness (QED) is 0.435. The standard InChI is InChI=1S/C26H30N2S/c1-15-6-4-5-7-21(15)28-16(2)24-23(25-22(27(24)3)8-9-29-25)26(28)19-11-17-10-18(13-19)14-20(26)12-17/h4-9,16-20H,10-14H2,1-3H3/t16-,17?,18?,19?,20?,26?/m0/s1. The molecule has 0 amide bonds. The Hall–Kier alpha value is -1.74. The highest BCUT2D eigenvalue weighted by molar-refractivity contribution is 7.17. The van der Waals surface area contributed by atoms with Crippen molar-refractivity contribution in [2.75, 3.05) is 4.90 Å². The van der Waals surface area contributed by atoms with Gasteiger partial charge in [-0.2, -0.15) is 0 Å². The Kier molecular flexibility index (Phi) is 3.22. The molecule has 4 saturated carbocycles. The van der Waals surface area contributed by atoms with Gasteiger partial charge < -0.3 is 9.47 Å². The Bertz CT molecular complexity index is 1110. The summed E-state index contributed by atoms with van der Waals surface area (Å²) in [4.78, 5) is 2.93. The molecule has 5 aliphatic rings. The predicted molar refractivity (Wildman–Crippen MR) is 122 cm³/mol. The Balaban J connectivity index is 1.57. The number of anilines is 1. The average Bonchev–Trinajstić information content (AvgIpc) is 3.34. The summed E-state index contributed by atoms with van der Waals surface area (Å²) in [5.41, 5.74) is 7.91. The lowest BCUT2D eigenvalue weighted by atomic mass is 9.47. The Labute approximate surface area is 177 Å². The highest BCUT2D eigenvalue weighted by Crippen LogP contribution is 2.70. The van der Waals surface area contributed by atoms with Crippen molar-refractivity contribution < 1.29 is 0 Å². The maximum atomic E-state index is 2.93. The molecule has 2 nitrogen and oxygen atoms in total. The zero-order valence-corrected chi connectivity index (χ0v) is 18.5. The van der Waals surface area contributed by atoms with Crippen molar-refractivity contribution in [3.63, 3.8) is 0 Å². The zero-order chi connectivity index (χ0) is 19.5. The number of aryl methyl sites for hydroxylation is 2. The van der Waals surface area contributed by atoms with Gasteiger partial charge in [-0.15, -0.1) is 11.3 Å². The maximum Gasteiger partial charge on any atom is 0.0749 e. The van der Waals surface area contributed by atoms with Crippen LogP contribution in [0.3, 0.4) is 0 Å². The third kappa shape index (κ3) is 1.86. The second-order valence-electron chi connectivity index (χ2n) is 10.4. The first-order chi connectivity index (χ1) is 14.1. The van der Waals surface area contributed by atoms with E-state index in [1.165, 1.54) is 48.9 Å². The second kappa shape index (κ2) is 5.49. The van der Waals surface area contributed by atoms with Gasteiger partial charge in [0.05, 0.1) is 21.8 Å². The molecule has 4 aliphatic carbocycles. The fourth-order valence-electron chi connectivity index (χ4n) is 8.55. The summed E-state index contributed by atoms with van der Waals surface area (Å²) in [7, 11) is 2.31. The fraction of sp³-hybridized carbons (Fsp3) is 0.538. The fourth-order valence-corrected chi connectivity index (χ4v) is 9.60. The molecule has 4 fully saturated rings. The average molecular weight is 403 g/mol. The SMILES string of the molecule is Cc1ccccc1N1[C@@H](C)c2c(c3sccc3n2C)C12C1CC3CC(C1)CC2C3. The minimum Gasteiger partial charge on any atom is -0.353 e. The molecule has 2 aromatic heterocycles. The number of benzene rings is 1. The molecule has 0 saturated heterocycles. The van der Waals surface area contributed by atoms with Gasteiger partial charge in [0.25, 0.3) is 0 Å². The van der Waals surface area contributed by atoms with Crippen LogP contribution in [0.2, 0.25) is 0 Å². The van der Waals surface area contributed by atoms with E-state index < -0.39 is 0 Å². The first kappa shape index (κ1) is 17.0. The van der Waals surface area contributed by atoms with Crippen LogP contribution in [0, 0.1) is 30.6 Å². The van der Waals surface area contributed by atoms with E-state index in [9.17, 15) is 0 Å². The first-order valence-corrected chi connectivity index (χ1v) is 12.4. The number of rotatable bonds is 1. The molecule has 0 radical (unpaired) electrons. The van der Waals surface area contributed by atoms with Crippen LogP contribution >= 0.6 is 11.3 Å². The van der Waals surface area contributed by atoms with E-state index in [0.717, 1.165) is 23.7 Å². The van der Waals surface area contributed by atoms with E-state index in [1.807, 2.05) is 11.3 Å². The second-order valence-corrected chi connectivity index (χ2v) is 11.3. The van der Waals surface area contributed by atoms with Gasteiger partial charge in [0, 0.05) is 24.0 Å². The molecule has 0 N–H and O–H groups in total. The van der Waals surface area contributed by atoms with E-state index in [-0.39, 0.29) is 5.54 Å². The summed E-state index contributed by atoms with van der Waals surface area (Å²) >= 11 is 1.99. The molecular weight excluding hydrogens is 372 g/mol. The lowest BCUT2D eigenvalue weighted by molar-refractivity contribution is -0.0595. The number of fused-ring (bicyclic) bond motifs is 3. The molecule has 29 heavy (non-hydrogen) atoms. The Morgan fingerprint density at radius 2 is 1.66 bits per heavy atom. The number of nitrogens with zero attached hydrogens (tertiary/aromatic N) is 2. The highest BCUT2D eigenvalue weighted by atomic mass is 32.1. The molecule has 150 valence electrons. The molecule has 1 aliphatic heterocycles. The van der Waals surface area contributed by atoms with Gasteiger partial charge in [-0.3, -0.25) is 0 Å². The number of thiophene rings is 1. The summed E-state index contributed by atoms with van der Waals surface area (Å²) in [5, 5.41) is 2.32. The predicted octanol–water partition coefficient (Wildman–Crippen LogP) is 6.78. The number of aromatic nitrogens is 1. The van der Waals surface area contributed by atoms with Gasteiger partial charge in [0.15, 0.2) is 0 Å². The monoisotopic (exact) mass is 402 g/mol. The van der Waals surface area contributed by atoms with E-state index in [1.54, 1.807) is 16.0 Å². The van der Waals surface area contributed by atoms with Crippen LogP contribution in [0.4, 0.5) is 5.69 Å². The zero-order valence-electron chi connectivity index (χ0n) is 17.7. The molecule has 1 spiro atoms. The first-order valence-electron chi connectivity index (χ1n) is 11.5. The van der Waals surface area contributed by atoms with Gasteiger partial charge in [-0.05, 0) is 92.7 Å². The molecular formula is C26H30N2S.